The first-order chi connectivity index (χ1) is 9.86. The van der Waals surface area contributed by atoms with Crippen LogP contribution in [-0.4, -0.2) is 18.6 Å². The van der Waals surface area contributed by atoms with Crippen molar-refractivity contribution in [1.82, 2.24) is 10.6 Å². The van der Waals surface area contributed by atoms with Crippen molar-refractivity contribution in [2.24, 2.45) is 5.92 Å². The van der Waals surface area contributed by atoms with Crippen molar-refractivity contribution >= 4 is 0 Å². The molecule has 3 unspecified atom stereocenters. The molecule has 20 heavy (non-hydrogen) atoms. The van der Waals surface area contributed by atoms with Crippen LogP contribution in [-0.2, 0) is 6.54 Å². The molecule has 1 aromatic carbocycles. The number of nitrogens with zero attached hydrogens (tertiary/aromatic N) is 1. The molecule has 0 radical (unpaired) electrons. The van der Waals surface area contributed by atoms with Gasteiger partial charge in [-0.2, -0.15) is 5.26 Å². The fourth-order valence-electron chi connectivity index (χ4n) is 3.80. The van der Waals surface area contributed by atoms with Crippen LogP contribution in [0.25, 0.3) is 0 Å². The normalized spacial score (nSPS) is 29.4. The summed E-state index contributed by atoms with van der Waals surface area (Å²) in [5, 5.41) is 16.3. The van der Waals surface area contributed by atoms with Crippen LogP contribution < -0.4 is 10.6 Å². The van der Waals surface area contributed by atoms with E-state index in [1.54, 1.807) is 0 Å². The van der Waals surface area contributed by atoms with Crippen molar-refractivity contribution in [2.75, 3.05) is 6.54 Å². The molecule has 0 amide bonds. The quantitative estimate of drug-likeness (QED) is 0.883. The highest BCUT2D eigenvalue weighted by Gasteiger charge is 2.34. The lowest BCUT2D eigenvalue weighted by Crippen LogP contribution is -2.41. The lowest BCUT2D eigenvalue weighted by atomic mass is 9.93. The largest absolute Gasteiger partial charge is 0.314 e. The van der Waals surface area contributed by atoms with E-state index in [1.807, 2.05) is 18.2 Å². The zero-order valence-electron chi connectivity index (χ0n) is 11.9. The van der Waals surface area contributed by atoms with E-state index in [9.17, 15) is 0 Å². The van der Waals surface area contributed by atoms with Gasteiger partial charge in [0.25, 0.3) is 0 Å². The van der Waals surface area contributed by atoms with Gasteiger partial charge in [0.2, 0.25) is 0 Å². The van der Waals surface area contributed by atoms with Gasteiger partial charge >= 0.3 is 0 Å². The Bertz CT molecular complexity index is 485. The Hall–Kier alpha value is -1.37. The molecule has 1 aromatic rings. The SMILES string of the molecule is N#Cc1cccc(CNC2CCCC2C2CCCN2)c1. The molecule has 106 valence electrons. The van der Waals surface area contributed by atoms with Gasteiger partial charge in [-0.05, 0) is 55.8 Å². The second-order valence-corrected chi connectivity index (χ2v) is 6.10. The zero-order valence-corrected chi connectivity index (χ0v) is 11.9. The van der Waals surface area contributed by atoms with Crippen molar-refractivity contribution in [3.63, 3.8) is 0 Å². The number of benzene rings is 1. The first kappa shape index (κ1) is 13.6. The lowest BCUT2D eigenvalue weighted by molar-refractivity contribution is 0.320. The molecule has 3 rings (SSSR count). The van der Waals surface area contributed by atoms with E-state index < -0.39 is 0 Å². The van der Waals surface area contributed by atoms with Crippen LogP contribution in [0.2, 0.25) is 0 Å². The van der Waals surface area contributed by atoms with Crippen LogP contribution in [0, 0.1) is 17.2 Å². The van der Waals surface area contributed by atoms with Gasteiger partial charge in [0, 0.05) is 18.6 Å². The number of rotatable bonds is 4. The van der Waals surface area contributed by atoms with Crippen LogP contribution in [0.1, 0.15) is 43.2 Å². The summed E-state index contributed by atoms with van der Waals surface area (Å²) in [6.07, 6.45) is 6.66. The number of nitrogens with one attached hydrogen (secondary N) is 2. The van der Waals surface area contributed by atoms with Crippen molar-refractivity contribution in [3.05, 3.63) is 35.4 Å². The summed E-state index contributed by atoms with van der Waals surface area (Å²) in [4.78, 5) is 0. The summed E-state index contributed by atoms with van der Waals surface area (Å²) < 4.78 is 0. The van der Waals surface area contributed by atoms with E-state index in [1.165, 1.54) is 44.2 Å². The van der Waals surface area contributed by atoms with E-state index in [-0.39, 0.29) is 0 Å². The number of hydrogen-bond acceptors (Lipinski definition) is 3. The Balaban J connectivity index is 1.58. The monoisotopic (exact) mass is 269 g/mol. The average Bonchev–Trinajstić information content (AvgIpc) is 3.16. The maximum absolute atomic E-state index is 8.95. The van der Waals surface area contributed by atoms with Crippen molar-refractivity contribution in [3.8, 4) is 6.07 Å². The molecule has 0 aromatic heterocycles. The maximum Gasteiger partial charge on any atom is 0.0991 e. The Morgan fingerprint density at radius 2 is 2.20 bits per heavy atom. The summed E-state index contributed by atoms with van der Waals surface area (Å²) in [6, 6.07) is 11.5. The molecule has 0 spiro atoms. The Kier molecular flexibility index (Phi) is 4.34. The molecule has 2 N–H and O–H groups in total. The molecular weight excluding hydrogens is 246 g/mol. The van der Waals surface area contributed by atoms with Crippen LogP contribution >= 0.6 is 0 Å². The molecule has 1 saturated carbocycles. The van der Waals surface area contributed by atoms with Gasteiger partial charge in [-0.1, -0.05) is 18.6 Å². The topological polar surface area (TPSA) is 47.9 Å². The molecule has 2 fully saturated rings. The van der Waals surface area contributed by atoms with Gasteiger partial charge in [0.1, 0.15) is 0 Å². The highest BCUT2D eigenvalue weighted by atomic mass is 15.0. The molecule has 1 aliphatic heterocycles. The minimum atomic E-state index is 0.636. The molecule has 3 nitrogen and oxygen atoms in total. The average molecular weight is 269 g/mol. The van der Waals surface area contributed by atoms with E-state index in [4.69, 9.17) is 5.26 Å². The summed E-state index contributed by atoms with van der Waals surface area (Å²) in [6.45, 7) is 2.07. The fraction of sp³-hybridized carbons (Fsp3) is 0.588. The Morgan fingerprint density at radius 3 is 3.00 bits per heavy atom. The first-order valence-corrected chi connectivity index (χ1v) is 7.82. The zero-order chi connectivity index (χ0) is 13.8. The number of nitriles is 1. The molecule has 3 atom stereocenters. The third-order valence-corrected chi connectivity index (χ3v) is 4.81. The van der Waals surface area contributed by atoms with Gasteiger partial charge in [0.05, 0.1) is 11.6 Å². The van der Waals surface area contributed by atoms with E-state index >= 15 is 0 Å². The van der Waals surface area contributed by atoms with Gasteiger partial charge in [-0.3, -0.25) is 0 Å². The van der Waals surface area contributed by atoms with Crippen LogP contribution in [0.5, 0.6) is 0 Å². The summed E-state index contributed by atoms with van der Waals surface area (Å²) in [5.41, 5.74) is 1.97. The third kappa shape index (κ3) is 3.03. The second-order valence-electron chi connectivity index (χ2n) is 6.10. The van der Waals surface area contributed by atoms with Crippen LogP contribution in [0.3, 0.4) is 0 Å². The van der Waals surface area contributed by atoms with Gasteiger partial charge in [-0.15, -0.1) is 0 Å². The minimum absolute atomic E-state index is 0.636. The van der Waals surface area contributed by atoms with Gasteiger partial charge < -0.3 is 10.6 Å². The summed E-state index contributed by atoms with van der Waals surface area (Å²) in [5.74, 6) is 0.789. The number of hydrogen-bond donors (Lipinski definition) is 2. The molecule has 3 heteroatoms. The minimum Gasteiger partial charge on any atom is -0.314 e. The first-order valence-electron chi connectivity index (χ1n) is 7.82. The van der Waals surface area contributed by atoms with Gasteiger partial charge in [0.15, 0.2) is 0 Å². The van der Waals surface area contributed by atoms with Crippen molar-refractivity contribution < 1.29 is 0 Å². The molecule has 1 heterocycles. The van der Waals surface area contributed by atoms with E-state index in [0.29, 0.717) is 6.04 Å². The highest BCUT2D eigenvalue weighted by Crippen LogP contribution is 2.32. The Morgan fingerprint density at radius 1 is 1.25 bits per heavy atom. The smallest absolute Gasteiger partial charge is 0.0991 e. The predicted molar refractivity (Wildman–Crippen MR) is 80.2 cm³/mol. The summed E-state index contributed by atoms with van der Waals surface area (Å²) >= 11 is 0. The molecule has 0 bridgehead atoms. The molecule has 1 aliphatic carbocycles. The predicted octanol–water partition coefficient (Wildman–Crippen LogP) is 2.57. The van der Waals surface area contributed by atoms with Crippen LogP contribution in [0.15, 0.2) is 24.3 Å². The Labute approximate surface area is 121 Å². The molecule has 1 saturated heterocycles. The van der Waals surface area contributed by atoms with E-state index in [2.05, 4.69) is 22.8 Å². The lowest BCUT2D eigenvalue weighted by Gasteiger charge is -2.26. The van der Waals surface area contributed by atoms with Crippen LogP contribution in [0.4, 0.5) is 0 Å². The maximum atomic E-state index is 8.95. The fourth-order valence-corrected chi connectivity index (χ4v) is 3.80. The third-order valence-electron chi connectivity index (χ3n) is 4.81. The van der Waals surface area contributed by atoms with Crippen molar-refractivity contribution in [2.45, 2.75) is 50.7 Å². The van der Waals surface area contributed by atoms with E-state index in [0.717, 1.165) is 24.1 Å². The van der Waals surface area contributed by atoms with Gasteiger partial charge in [-0.25, -0.2) is 0 Å². The summed E-state index contributed by atoms with van der Waals surface area (Å²) in [7, 11) is 0. The van der Waals surface area contributed by atoms with Crippen molar-refractivity contribution in [1.29, 1.82) is 5.26 Å². The molecular formula is C17H23N3. The molecule has 2 aliphatic rings. The standard InChI is InChI=1S/C17H23N3/c18-11-13-4-1-5-14(10-13)12-20-17-7-2-6-15(17)16-8-3-9-19-16/h1,4-5,10,15-17,19-20H,2-3,6-9,12H2. The highest BCUT2D eigenvalue weighted by molar-refractivity contribution is 5.32. The second kappa shape index (κ2) is 6.39.